The summed E-state index contributed by atoms with van der Waals surface area (Å²) in [4.78, 5) is 11.0. The third-order valence-corrected chi connectivity index (χ3v) is 6.18. The summed E-state index contributed by atoms with van der Waals surface area (Å²) in [5, 5.41) is 19.5. The van der Waals surface area contributed by atoms with Crippen LogP contribution in [0.5, 0.6) is 5.75 Å². The Morgan fingerprint density at radius 1 is 1.00 bits per heavy atom. The van der Waals surface area contributed by atoms with Crippen molar-refractivity contribution in [2.75, 3.05) is 0 Å². The molecule has 3 aromatic rings. The van der Waals surface area contributed by atoms with Crippen molar-refractivity contribution in [2.45, 2.75) is 6.61 Å². The number of aromatic carboxylic acids is 1. The maximum absolute atomic E-state index is 11.0. The average molecular weight is 582 g/mol. The molecular formula is C23H13Br2Cl2NO3. The number of halogens is 4. The Labute approximate surface area is 205 Å². The molecule has 1 N–H and O–H groups in total. The maximum Gasteiger partial charge on any atom is 0.335 e. The van der Waals surface area contributed by atoms with Gasteiger partial charge in [0.2, 0.25) is 0 Å². The van der Waals surface area contributed by atoms with E-state index in [-0.39, 0.29) is 5.56 Å². The van der Waals surface area contributed by atoms with Crippen LogP contribution < -0.4 is 4.74 Å². The first-order chi connectivity index (χ1) is 14.8. The number of rotatable bonds is 6. The van der Waals surface area contributed by atoms with E-state index in [9.17, 15) is 10.1 Å². The van der Waals surface area contributed by atoms with Crippen LogP contribution in [-0.2, 0) is 6.61 Å². The molecule has 0 unspecified atom stereocenters. The first-order valence-electron chi connectivity index (χ1n) is 8.80. The van der Waals surface area contributed by atoms with Crippen LogP contribution in [-0.4, -0.2) is 11.1 Å². The summed E-state index contributed by atoms with van der Waals surface area (Å²) in [6.45, 7) is 0.294. The predicted molar refractivity (Wildman–Crippen MR) is 130 cm³/mol. The lowest BCUT2D eigenvalue weighted by molar-refractivity contribution is 0.0697. The summed E-state index contributed by atoms with van der Waals surface area (Å²) in [5.41, 5.74) is 2.82. The van der Waals surface area contributed by atoms with Crippen LogP contribution in [0, 0.1) is 11.3 Å². The fourth-order valence-corrected chi connectivity index (χ4v) is 4.50. The second kappa shape index (κ2) is 10.3. The molecule has 8 heteroatoms. The van der Waals surface area contributed by atoms with E-state index in [2.05, 4.69) is 37.9 Å². The van der Waals surface area contributed by atoms with Gasteiger partial charge in [-0.2, -0.15) is 5.26 Å². The Morgan fingerprint density at radius 3 is 2.16 bits per heavy atom. The van der Waals surface area contributed by atoms with Gasteiger partial charge in [-0.05, 0) is 91.0 Å². The zero-order chi connectivity index (χ0) is 22.5. The molecule has 0 aliphatic rings. The summed E-state index contributed by atoms with van der Waals surface area (Å²) in [7, 11) is 0. The molecule has 4 nitrogen and oxygen atoms in total. The monoisotopic (exact) mass is 579 g/mol. The molecule has 156 valence electrons. The molecule has 0 saturated heterocycles. The van der Waals surface area contributed by atoms with Crippen molar-refractivity contribution in [2.24, 2.45) is 0 Å². The van der Waals surface area contributed by atoms with Crippen molar-refractivity contribution < 1.29 is 14.6 Å². The molecule has 0 aromatic heterocycles. The fraction of sp³-hybridized carbons (Fsp3) is 0.0435. The number of hydrogen-bond donors (Lipinski definition) is 1. The Kier molecular flexibility index (Phi) is 7.79. The predicted octanol–water partition coefficient (Wildman–Crippen LogP) is 7.86. The Balaban J connectivity index is 1.83. The van der Waals surface area contributed by atoms with E-state index in [1.165, 1.54) is 12.1 Å². The normalized spacial score (nSPS) is 11.1. The second-order valence-corrected chi connectivity index (χ2v) is 8.93. The fourth-order valence-electron chi connectivity index (χ4n) is 2.72. The van der Waals surface area contributed by atoms with Gasteiger partial charge in [0.05, 0.1) is 36.2 Å². The van der Waals surface area contributed by atoms with Crippen molar-refractivity contribution >= 4 is 72.7 Å². The summed E-state index contributed by atoms with van der Waals surface area (Å²) in [6, 6.07) is 17.3. The van der Waals surface area contributed by atoms with E-state index >= 15 is 0 Å². The number of allylic oxidation sites excluding steroid dienone is 1. The van der Waals surface area contributed by atoms with Gasteiger partial charge >= 0.3 is 5.97 Å². The van der Waals surface area contributed by atoms with Crippen LogP contribution in [0.1, 0.15) is 27.0 Å². The number of carbonyl (C=O) groups is 1. The zero-order valence-electron chi connectivity index (χ0n) is 15.7. The van der Waals surface area contributed by atoms with E-state index in [0.717, 1.165) is 11.1 Å². The van der Waals surface area contributed by atoms with Gasteiger partial charge in [0.15, 0.2) is 0 Å². The zero-order valence-corrected chi connectivity index (χ0v) is 20.4. The maximum atomic E-state index is 11.0. The molecule has 0 saturated carbocycles. The van der Waals surface area contributed by atoms with E-state index in [1.807, 2.05) is 18.2 Å². The molecule has 0 radical (unpaired) electrons. The quantitative estimate of drug-likeness (QED) is 0.238. The lowest BCUT2D eigenvalue weighted by atomic mass is 10.0. The van der Waals surface area contributed by atoms with Gasteiger partial charge in [0, 0.05) is 0 Å². The van der Waals surface area contributed by atoms with Crippen LogP contribution in [0.2, 0.25) is 10.0 Å². The Morgan fingerprint density at radius 2 is 1.61 bits per heavy atom. The van der Waals surface area contributed by atoms with Gasteiger partial charge in [-0.3, -0.25) is 0 Å². The van der Waals surface area contributed by atoms with Crippen molar-refractivity contribution in [3.8, 4) is 11.8 Å². The highest BCUT2D eigenvalue weighted by atomic mass is 79.9. The molecule has 0 amide bonds. The SMILES string of the molecule is N#C/C(=C/c1cc(Br)c(OCc2ccc(Cl)c(Cl)c2)c(Br)c1)c1ccc(C(=O)O)cc1. The number of hydrogen-bond acceptors (Lipinski definition) is 3. The number of ether oxygens (including phenoxy) is 1. The number of carboxylic acid groups (broad SMARTS) is 1. The van der Waals surface area contributed by atoms with Gasteiger partial charge in [0.25, 0.3) is 0 Å². The molecule has 0 aliphatic carbocycles. The van der Waals surface area contributed by atoms with E-state index in [0.29, 0.717) is 42.5 Å². The minimum absolute atomic E-state index is 0.162. The van der Waals surface area contributed by atoms with Gasteiger partial charge in [-0.15, -0.1) is 0 Å². The van der Waals surface area contributed by atoms with E-state index in [4.69, 9.17) is 33.0 Å². The van der Waals surface area contributed by atoms with Crippen LogP contribution in [0.15, 0.2) is 63.5 Å². The van der Waals surface area contributed by atoms with Gasteiger partial charge in [0.1, 0.15) is 12.4 Å². The molecular weight excluding hydrogens is 569 g/mol. The van der Waals surface area contributed by atoms with E-state index in [1.54, 1.807) is 30.3 Å². The third-order valence-electron chi connectivity index (χ3n) is 4.26. The molecule has 31 heavy (non-hydrogen) atoms. The highest BCUT2D eigenvalue weighted by Crippen LogP contribution is 2.36. The third kappa shape index (κ3) is 5.90. The van der Waals surface area contributed by atoms with Crippen LogP contribution in [0.4, 0.5) is 0 Å². The largest absolute Gasteiger partial charge is 0.487 e. The minimum Gasteiger partial charge on any atom is -0.487 e. The van der Waals surface area contributed by atoms with Gasteiger partial charge in [-0.1, -0.05) is 41.4 Å². The van der Waals surface area contributed by atoms with Crippen LogP contribution >= 0.6 is 55.1 Å². The van der Waals surface area contributed by atoms with Gasteiger partial charge in [-0.25, -0.2) is 4.79 Å². The van der Waals surface area contributed by atoms with Crippen molar-refractivity contribution in [1.29, 1.82) is 5.26 Å². The minimum atomic E-state index is -1.02. The molecule has 0 bridgehead atoms. The number of carboxylic acids is 1. The van der Waals surface area contributed by atoms with Crippen molar-refractivity contribution in [3.63, 3.8) is 0 Å². The molecule has 3 aromatic carbocycles. The summed E-state index contributed by atoms with van der Waals surface area (Å²) in [5.74, 6) is -0.411. The lowest BCUT2D eigenvalue weighted by Gasteiger charge is -2.12. The molecule has 3 rings (SSSR count). The first-order valence-corrected chi connectivity index (χ1v) is 11.1. The highest BCUT2D eigenvalue weighted by Gasteiger charge is 2.11. The molecule has 0 heterocycles. The van der Waals surface area contributed by atoms with E-state index < -0.39 is 5.97 Å². The number of benzene rings is 3. The summed E-state index contributed by atoms with van der Waals surface area (Å²) < 4.78 is 7.32. The van der Waals surface area contributed by atoms with Gasteiger partial charge < -0.3 is 9.84 Å². The molecule has 0 atom stereocenters. The Hall–Kier alpha value is -2.30. The summed E-state index contributed by atoms with van der Waals surface area (Å²) in [6.07, 6.45) is 1.72. The average Bonchev–Trinajstić information content (AvgIpc) is 2.74. The van der Waals surface area contributed by atoms with Crippen molar-refractivity contribution in [1.82, 2.24) is 0 Å². The smallest absolute Gasteiger partial charge is 0.335 e. The highest BCUT2D eigenvalue weighted by molar-refractivity contribution is 9.11. The topological polar surface area (TPSA) is 70.3 Å². The molecule has 0 aliphatic heterocycles. The second-order valence-electron chi connectivity index (χ2n) is 6.40. The number of nitriles is 1. The van der Waals surface area contributed by atoms with Crippen LogP contribution in [0.3, 0.4) is 0 Å². The molecule has 0 spiro atoms. The Bertz CT molecular complexity index is 1200. The standard InChI is InChI=1S/C23H13Br2Cl2NO3/c24-18-8-14(7-17(11-28)15-2-4-16(5-3-15)23(29)30)9-19(25)22(18)31-12-13-1-6-20(26)21(27)10-13/h1-10H,12H2,(H,29,30)/b17-7-. The van der Waals surface area contributed by atoms with Crippen LogP contribution in [0.25, 0.3) is 11.6 Å². The first kappa shape index (κ1) is 23.4. The molecule has 0 fully saturated rings. The lowest BCUT2D eigenvalue weighted by Crippen LogP contribution is -1.97. The summed E-state index contributed by atoms with van der Waals surface area (Å²) >= 11 is 19.0. The number of nitrogens with zero attached hydrogens (tertiary/aromatic N) is 1. The van der Waals surface area contributed by atoms with Crippen molar-refractivity contribution in [3.05, 3.63) is 95.8 Å².